The fourth-order valence-corrected chi connectivity index (χ4v) is 2.38. The van der Waals surface area contributed by atoms with E-state index in [-0.39, 0.29) is 18.4 Å². The average molecular weight is 241 g/mol. The molecular weight excluding hydrogens is 228 g/mol. The molecule has 0 aromatic rings. The number of hydrogen-bond donors (Lipinski definition) is 1. The normalized spacial score (nSPS) is 35.1. The van der Waals surface area contributed by atoms with Crippen molar-refractivity contribution >= 4 is 5.91 Å². The first-order valence-electron chi connectivity index (χ1n) is 5.57. The lowest BCUT2D eigenvalue weighted by Crippen LogP contribution is -2.39. The van der Waals surface area contributed by atoms with Crippen LogP contribution in [0, 0.1) is 5.92 Å². The molecule has 17 heavy (non-hydrogen) atoms. The van der Waals surface area contributed by atoms with Crippen LogP contribution in [0.15, 0.2) is 24.2 Å². The molecule has 2 atom stereocenters. The maximum atomic E-state index is 13.1. The van der Waals surface area contributed by atoms with E-state index in [9.17, 15) is 13.6 Å². The van der Waals surface area contributed by atoms with Gasteiger partial charge in [-0.3, -0.25) is 9.80 Å². The number of amides is 1. The molecule has 3 aliphatic rings. The van der Waals surface area contributed by atoms with Gasteiger partial charge in [-0.2, -0.15) is 0 Å². The van der Waals surface area contributed by atoms with Crippen molar-refractivity contribution in [1.82, 2.24) is 15.3 Å². The van der Waals surface area contributed by atoms with Crippen LogP contribution in [0.3, 0.4) is 0 Å². The van der Waals surface area contributed by atoms with Gasteiger partial charge in [0.25, 0.3) is 5.92 Å². The predicted molar refractivity (Wildman–Crippen MR) is 56.4 cm³/mol. The number of alkyl halides is 2. The SMILES string of the molecule is CN1C(C2CC2(F)F)C=C2NC(=O)CC=CN21. The lowest BCUT2D eigenvalue weighted by atomic mass is 10.2. The Labute approximate surface area is 97.5 Å². The van der Waals surface area contributed by atoms with Crippen LogP contribution >= 0.6 is 0 Å². The van der Waals surface area contributed by atoms with Crippen LogP contribution in [-0.4, -0.2) is 34.9 Å². The van der Waals surface area contributed by atoms with Crippen LogP contribution in [0.5, 0.6) is 0 Å². The van der Waals surface area contributed by atoms with Crippen molar-refractivity contribution in [3.8, 4) is 0 Å². The second-order valence-electron chi connectivity index (χ2n) is 4.67. The smallest absolute Gasteiger partial charge is 0.253 e. The van der Waals surface area contributed by atoms with E-state index in [1.54, 1.807) is 35.4 Å². The van der Waals surface area contributed by atoms with E-state index in [1.165, 1.54) is 0 Å². The Hall–Kier alpha value is -1.43. The summed E-state index contributed by atoms with van der Waals surface area (Å²) < 4.78 is 26.2. The van der Waals surface area contributed by atoms with Gasteiger partial charge in [-0.25, -0.2) is 13.8 Å². The minimum absolute atomic E-state index is 0.0721. The molecule has 0 aromatic heterocycles. The Bertz CT molecular complexity index is 432. The van der Waals surface area contributed by atoms with Gasteiger partial charge in [-0.15, -0.1) is 0 Å². The summed E-state index contributed by atoms with van der Waals surface area (Å²) in [7, 11) is 1.75. The van der Waals surface area contributed by atoms with Crippen molar-refractivity contribution in [3.05, 3.63) is 24.2 Å². The van der Waals surface area contributed by atoms with Crippen LogP contribution in [-0.2, 0) is 4.79 Å². The molecule has 1 saturated carbocycles. The van der Waals surface area contributed by atoms with E-state index >= 15 is 0 Å². The molecule has 1 fully saturated rings. The number of rotatable bonds is 1. The van der Waals surface area contributed by atoms with Crippen molar-refractivity contribution in [3.63, 3.8) is 0 Å². The van der Waals surface area contributed by atoms with Gasteiger partial charge >= 0.3 is 0 Å². The Morgan fingerprint density at radius 2 is 2.24 bits per heavy atom. The molecule has 0 spiro atoms. The summed E-state index contributed by atoms with van der Waals surface area (Å²) in [5.74, 6) is -2.74. The molecule has 1 aliphatic carbocycles. The second-order valence-corrected chi connectivity index (χ2v) is 4.67. The largest absolute Gasteiger partial charge is 0.311 e. The molecule has 2 heterocycles. The van der Waals surface area contributed by atoms with E-state index in [4.69, 9.17) is 0 Å². The molecule has 92 valence electrons. The van der Waals surface area contributed by atoms with E-state index in [0.717, 1.165) is 0 Å². The number of nitrogens with zero attached hydrogens (tertiary/aromatic N) is 2. The van der Waals surface area contributed by atoms with Crippen LogP contribution in [0.4, 0.5) is 8.78 Å². The third-order valence-corrected chi connectivity index (χ3v) is 3.45. The first-order valence-corrected chi connectivity index (χ1v) is 5.57. The average Bonchev–Trinajstić information content (AvgIpc) is 2.83. The van der Waals surface area contributed by atoms with Crippen LogP contribution < -0.4 is 5.32 Å². The number of fused-ring (bicyclic) bond motifs is 1. The molecule has 1 amide bonds. The number of halogens is 2. The van der Waals surface area contributed by atoms with Gasteiger partial charge < -0.3 is 5.32 Å². The third-order valence-electron chi connectivity index (χ3n) is 3.45. The van der Waals surface area contributed by atoms with Gasteiger partial charge in [0.1, 0.15) is 5.82 Å². The summed E-state index contributed by atoms with van der Waals surface area (Å²) in [6.07, 6.45) is 5.41. The highest BCUT2D eigenvalue weighted by Gasteiger charge is 2.62. The van der Waals surface area contributed by atoms with Crippen molar-refractivity contribution in [1.29, 1.82) is 0 Å². The van der Waals surface area contributed by atoms with Crippen molar-refractivity contribution < 1.29 is 13.6 Å². The fourth-order valence-electron chi connectivity index (χ4n) is 2.38. The standard InChI is InChI=1S/C11H13F2N3O/c1-15-8(7-6-11(7,12)13)5-9-14-10(17)3-2-4-16(9)15/h2,4-5,7-8H,3,6H2,1H3,(H,14,17). The zero-order valence-corrected chi connectivity index (χ0v) is 9.36. The minimum Gasteiger partial charge on any atom is -0.311 e. The van der Waals surface area contributed by atoms with E-state index in [1.807, 2.05) is 0 Å². The topological polar surface area (TPSA) is 35.6 Å². The van der Waals surface area contributed by atoms with Gasteiger partial charge in [0.2, 0.25) is 5.91 Å². The van der Waals surface area contributed by atoms with Crippen molar-refractivity contribution in [2.45, 2.75) is 24.8 Å². The zero-order valence-electron chi connectivity index (χ0n) is 9.36. The molecule has 2 aliphatic heterocycles. The predicted octanol–water partition coefficient (Wildman–Crippen LogP) is 1.05. The molecule has 1 N–H and O–H groups in total. The van der Waals surface area contributed by atoms with Crippen LogP contribution in [0.25, 0.3) is 0 Å². The highest BCUT2D eigenvalue weighted by atomic mass is 19.3. The molecule has 4 nitrogen and oxygen atoms in total. The Morgan fingerprint density at radius 3 is 2.88 bits per heavy atom. The van der Waals surface area contributed by atoms with Gasteiger partial charge in [-0.1, -0.05) is 6.08 Å². The second kappa shape index (κ2) is 3.29. The molecule has 0 saturated heterocycles. The first kappa shape index (κ1) is 10.7. The maximum absolute atomic E-state index is 13.1. The van der Waals surface area contributed by atoms with Crippen molar-refractivity contribution in [2.24, 2.45) is 5.92 Å². The number of carbonyl (C=O) groups is 1. The van der Waals surface area contributed by atoms with E-state index in [0.29, 0.717) is 12.2 Å². The monoisotopic (exact) mass is 241 g/mol. The summed E-state index contributed by atoms with van der Waals surface area (Å²) in [6.45, 7) is 0. The van der Waals surface area contributed by atoms with Gasteiger partial charge in [0, 0.05) is 32.0 Å². The van der Waals surface area contributed by atoms with E-state index < -0.39 is 11.8 Å². The number of likely N-dealkylation sites (N-methyl/N-ethyl adjacent to an activating group) is 1. The summed E-state index contributed by atoms with van der Waals surface area (Å²) >= 11 is 0. The summed E-state index contributed by atoms with van der Waals surface area (Å²) in [5, 5.41) is 6.16. The molecule has 6 heteroatoms. The summed E-state index contributed by atoms with van der Waals surface area (Å²) in [4.78, 5) is 11.4. The highest BCUT2D eigenvalue weighted by molar-refractivity contribution is 5.79. The molecule has 2 unspecified atom stereocenters. The number of hydrogen-bond acceptors (Lipinski definition) is 3. The first-order chi connectivity index (χ1) is 7.99. The summed E-state index contributed by atoms with van der Waals surface area (Å²) in [5.41, 5.74) is 0. The van der Waals surface area contributed by atoms with Gasteiger partial charge in [0.15, 0.2) is 0 Å². The molecule has 0 bridgehead atoms. The van der Waals surface area contributed by atoms with Crippen molar-refractivity contribution in [2.75, 3.05) is 7.05 Å². The van der Waals surface area contributed by atoms with Gasteiger partial charge in [-0.05, 0) is 6.08 Å². The maximum Gasteiger partial charge on any atom is 0.253 e. The lowest BCUT2D eigenvalue weighted by molar-refractivity contribution is -0.119. The number of nitrogens with one attached hydrogen (secondary N) is 1. The number of hydrazine groups is 1. The minimum atomic E-state index is -2.56. The van der Waals surface area contributed by atoms with Gasteiger partial charge in [0.05, 0.1) is 6.04 Å². The molecular formula is C11H13F2N3O. The quantitative estimate of drug-likeness (QED) is 0.745. The Kier molecular flexibility index (Phi) is 2.07. The highest BCUT2D eigenvalue weighted by Crippen LogP contribution is 2.53. The fraction of sp³-hybridized carbons (Fsp3) is 0.545. The Morgan fingerprint density at radius 1 is 1.53 bits per heavy atom. The lowest BCUT2D eigenvalue weighted by Gasteiger charge is -2.28. The van der Waals surface area contributed by atoms with E-state index in [2.05, 4.69) is 5.32 Å². The Balaban J connectivity index is 1.85. The zero-order chi connectivity index (χ0) is 12.2. The van der Waals surface area contributed by atoms with Crippen LogP contribution in [0.2, 0.25) is 0 Å². The third kappa shape index (κ3) is 1.63. The number of carbonyl (C=O) groups excluding carboxylic acids is 1. The molecule has 3 rings (SSSR count). The summed E-state index contributed by atoms with van der Waals surface area (Å²) in [6, 6.07) is -0.344. The molecule has 0 aromatic carbocycles. The van der Waals surface area contributed by atoms with Crippen LogP contribution in [0.1, 0.15) is 12.8 Å². The molecule has 0 radical (unpaired) electrons.